The van der Waals surface area contributed by atoms with Gasteiger partial charge < -0.3 is 15.2 Å². The standard InChI is InChI=1S/C26H24ClN5O2/c1-18-15-19(25(33)30-11-4-13-32-14-12-28-17-32)6-8-21(18)26(34)31-20-7-9-23(27)22(16-20)24-5-2-3-10-29-24/h2-3,5-10,12,14-17H,4,11,13H2,1H3,(H,30,33)(H,31,34). The summed E-state index contributed by atoms with van der Waals surface area (Å²) in [6.45, 7) is 3.14. The molecule has 0 atom stereocenters. The fourth-order valence-corrected chi connectivity index (χ4v) is 3.78. The minimum absolute atomic E-state index is 0.168. The summed E-state index contributed by atoms with van der Waals surface area (Å²) in [6, 6.07) is 15.9. The number of imidazole rings is 1. The van der Waals surface area contributed by atoms with Gasteiger partial charge in [0.2, 0.25) is 0 Å². The van der Waals surface area contributed by atoms with E-state index in [-0.39, 0.29) is 11.8 Å². The molecule has 4 rings (SSSR count). The van der Waals surface area contributed by atoms with E-state index in [0.29, 0.717) is 33.9 Å². The second-order valence-corrected chi connectivity index (χ2v) is 8.21. The zero-order chi connectivity index (χ0) is 23.9. The first kappa shape index (κ1) is 23.2. The minimum Gasteiger partial charge on any atom is -0.352 e. The van der Waals surface area contributed by atoms with Crippen molar-refractivity contribution in [3.8, 4) is 11.3 Å². The van der Waals surface area contributed by atoms with Crippen LogP contribution in [0.15, 0.2) is 79.5 Å². The van der Waals surface area contributed by atoms with Crippen molar-refractivity contribution in [2.75, 3.05) is 11.9 Å². The summed E-state index contributed by atoms with van der Waals surface area (Å²) in [5, 5.41) is 6.37. The number of hydrogen-bond acceptors (Lipinski definition) is 4. The molecular weight excluding hydrogens is 450 g/mol. The van der Waals surface area contributed by atoms with E-state index < -0.39 is 0 Å². The Balaban J connectivity index is 1.39. The van der Waals surface area contributed by atoms with E-state index in [1.807, 2.05) is 35.9 Å². The maximum absolute atomic E-state index is 12.9. The van der Waals surface area contributed by atoms with Gasteiger partial charge >= 0.3 is 0 Å². The molecule has 0 unspecified atom stereocenters. The molecule has 0 saturated carbocycles. The maximum Gasteiger partial charge on any atom is 0.255 e. The van der Waals surface area contributed by atoms with Crippen LogP contribution in [0, 0.1) is 6.92 Å². The predicted molar refractivity (Wildman–Crippen MR) is 133 cm³/mol. The number of benzene rings is 2. The normalized spacial score (nSPS) is 10.6. The summed E-state index contributed by atoms with van der Waals surface area (Å²) in [5.41, 5.74) is 3.78. The van der Waals surface area contributed by atoms with E-state index in [9.17, 15) is 9.59 Å². The highest BCUT2D eigenvalue weighted by atomic mass is 35.5. The lowest BCUT2D eigenvalue weighted by atomic mass is 10.0. The highest BCUT2D eigenvalue weighted by molar-refractivity contribution is 6.33. The molecule has 0 radical (unpaired) electrons. The average molecular weight is 474 g/mol. The van der Waals surface area contributed by atoms with E-state index in [1.165, 1.54) is 0 Å². The van der Waals surface area contributed by atoms with Crippen LogP contribution in [-0.2, 0) is 6.54 Å². The fourth-order valence-electron chi connectivity index (χ4n) is 3.56. The van der Waals surface area contributed by atoms with E-state index in [4.69, 9.17) is 11.6 Å². The van der Waals surface area contributed by atoms with Crippen molar-refractivity contribution in [3.05, 3.63) is 101 Å². The number of nitrogens with zero attached hydrogens (tertiary/aromatic N) is 3. The Morgan fingerprint density at radius 1 is 1.03 bits per heavy atom. The van der Waals surface area contributed by atoms with Gasteiger partial charge in [-0.1, -0.05) is 17.7 Å². The smallest absolute Gasteiger partial charge is 0.255 e. The molecule has 0 saturated heterocycles. The van der Waals surface area contributed by atoms with Crippen molar-refractivity contribution in [2.45, 2.75) is 19.9 Å². The van der Waals surface area contributed by atoms with Crippen molar-refractivity contribution in [1.82, 2.24) is 19.9 Å². The summed E-state index contributed by atoms with van der Waals surface area (Å²) < 4.78 is 1.96. The molecule has 0 fully saturated rings. The number of carbonyl (C=O) groups excluding carboxylic acids is 2. The van der Waals surface area contributed by atoms with E-state index in [2.05, 4.69) is 20.6 Å². The van der Waals surface area contributed by atoms with Crippen molar-refractivity contribution in [1.29, 1.82) is 0 Å². The molecule has 4 aromatic rings. The Kier molecular flexibility index (Phi) is 7.34. The van der Waals surface area contributed by atoms with Crippen LogP contribution < -0.4 is 10.6 Å². The van der Waals surface area contributed by atoms with E-state index in [0.717, 1.165) is 24.2 Å². The highest BCUT2D eigenvalue weighted by Crippen LogP contribution is 2.29. The monoisotopic (exact) mass is 473 g/mol. The Bertz CT molecular complexity index is 1290. The van der Waals surface area contributed by atoms with Gasteiger partial charge in [-0.25, -0.2) is 4.98 Å². The van der Waals surface area contributed by atoms with Crippen molar-refractivity contribution in [3.63, 3.8) is 0 Å². The highest BCUT2D eigenvalue weighted by Gasteiger charge is 2.14. The number of aryl methyl sites for hydroxylation is 2. The van der Waals surface area contributed by atoms with Gasteiger partial charge in [-0.15, -0.1) is 0 Å². The second kappa shape index (κ2) is 10.8. The summed E-state index contributed by atoms with van der Waals surface area (Å²) in [6.07, 6.45) is 7.85. The molecular formula is C26H24ClN5O2. The SMILES string of the molecule is Cc1cc(C(=O)NCCCn2ccnc2)ccc1C(=O)Nc1ccc(Cl)c(-c2ccccn2)c1. The fraction of sp³-hybridized carbons (Fsp3) is 0.154. The van der Waals surface area contributed by atoms with Gasteiger partial charge in [0.25, 0.3) is 11.8 Å². The van der Waals surface area contributed by atoms with Crippen LogP contribution in [0.2, 0.25) is 5.02 Å². The molecule has 34 heavy (non-hydrogen) atoms. The van der Waals surface area contributed by atoms with Gasteiger partial charge in [0.05, 0.1) is 17.0 Å². The third-order valence-corrected chi connectivity index (χ3v) is 5.67. The number of rotatable bonds is 8. The van der Waals surface area contributed by atoms with Crippen LogP contribution in [-0.4, -0.2) is 32.9 Å². The molecule has 2 aromatic heterocycles. The van der Waals surface area contributed by atoms with Gasteiger partial charge in [0, 0.05) is 54.1 Å². The van der Waals surface area contributed by atoms with Crippen molar-refractivity contribution < 1.29 is 9.59 Å². The minimum atomic E-state index is -0.265. The second-order valence-electron chi connectivity index (χ2n) is 7.80. The van der Waals surface area contributed by atoms with Crippen LogP contribution in [0.5, 0.6) is 0 Å². The van der Waals surface area contributed by atoms with Gasteiger partial charge in [-0.2, -0.15) is 0 Å². The lowest BCUT2D eigenvalue weighted by molar-refractivity contribution is 0.0950. The maximum atomic E-state index is 12.9. The molecule has 172 valence electrons. The number of anilines is 1. The van der Waals surface area contributed by atoms with Gasteiger partial charge in [-0.05, 0) is 67.4 Å². The number of hydrogen-bond donors (Lipinski definition) is 2. The number of carbonyl (C=O) groups is 2. The molecule has 2 heterocycles. The number of halogens is 1. The number of nitrogens with one attached hydrogen (secondary N) is 2. The zero-order valence-electron chi connectivity index (χ0n) is 18.7. The number of pyridine rings is 1. The van der Waals surface area contributed by atoms with Crippen LogP contribution in [0.4, 0.5) is 5.69 Å². The Morgan fingerprint density at radius 2 is 1.91 bits per heavy atom. The Hall–Kier alpha value is -3.97. The molecule has 0 aliphatic carbocycles. The van der Waals surface area contributed by atoms with Crippen LogP contribution in [0.25, 0.3) is 11.3 Å². The predicted octanol–water partition coefficient (Wildman–Crippen LogP) is 4.98. The van der Waals surface area contributed by atoms with Crippen molar-refractivity contribution in [2.24, 2.45) is 0 Å². The van der Waals surface area contributed by atoms with Gasteiger partial charge in [-0.3, -0.25) is 14.6 Å². The molecule has 0 aliphatic heterocycles. The lowest BCUT2D eigenvalue weighted by Gasteiger charge is -2.12. The molecule has 0 aliphatic rings. The van der Waals surface area contributed by atoms with E-state index in [1.54, 1.807) is 55.1 Å². The molecule has 2 amide bonds. The number of aromatic nitrogens is 3. The summed E-state index contributed by atoms with van der Waals surface area (Å²) in [5.74, 6) is -0.433. The molecule has 8 heteroatoms. The molecule has 2 N–H and O–H groups in total. The van der Waals surface area contributed by atoms with Crippen LogP contribution >= 0.6 is 11.6 Å². The summed E-state index contributed by atoms with van der Waals surface area (Å²) in [4.78, 5) is 33.7. The van der Waals surface area contributed by atoms with Crippen LogP contribution in [0.3, 0.4) is 0 Å². The quantitative estimate of drug-likeness (QED) is 0.353. The Labute approximate surface area is 202 Å². The molecule has 0 bridgehead atoms. The summed E-state index contributed by atoms with van der Waals surface area (Å²) in [7, 11) is 0. The van der Waals surface area contributed by atoms with Gasteiger partial charge in [0.1, 0.15) is 0 Å². The molecule has 7 nitrogen and oxygen atoms in total. The molecule has 2 aromatic carbocycles. The summed E-state index contributed by atoms with van der Waals surface area (Å²) >= 11 is 6.33. The first-order valence-electron chi connectivity index (χ1n) is 10.9. The number of amides is 2. The molecule has 0 spiro atoms. The van der Waals surface area contributed by atoms with E-state index >= 15 is 0 Å². The first-order chi connectivity index (χ1) is 16.5. The average Bonchev–Trinajstić information content (AvgIpc) is 3.37. The third-order valence-electron chi connectivity index (χ3n) is 5.34. The zero-order valence-corrected chi connectivity index (χ0v) is 19.4. The van der Waals surface area contributed by atoms with Crippen molar-refractivity contribution >= 4 is 29.1 Å². The Morgan fingerprint density at radius 3 is 2.65 bits per heavy atom. The first-order valence-corrected chi connectivity index (χ1v) is 11.3. The topological polar surface area (TPSA) is 88.9 Å². The lowest BCUT2D eigenvalue weighted by Crippen LogP contribution is -2.25. The third kappa shape index (κ3) is 5.68. The van der Waals surface area contributed by atoms with Gasteiger partial charge in [0.15, 0.2) is 0 Å². The van der Waals surface area contributed by atoms with Crippen LogP contribution in [0.1, 0.15) is 32.7 Å². The largest absolute Gasteiger partial charge is 0.352 e.